The Balaban J connectivity index is 2.66. The first kappa shape index (κ1) is 12.5. The van der Waals surface area contributed by atoms with Gasteiger partial charge in [-0.25, -0.2) is 0 Å². The van der Waals surface area contributed by atoms with E-state index in [-0.39, 0.29) is 0 Å². The molecule has 2 heteroatoms. The summed E-state index contributed by atoms with van der Waals surface area (Å²) in [5.41, 5.74) is 1.33. The van der Waals surface area contributed by atoms with E-state index in [2.05, 4.69) is 31.3 Å². The lowest BCUT2D eigenvalue weighted by Crippen LogP contribution is -2.31. The lowest BCUT2D eigenvalue weighted by atomic mass is 9.91. The minimum Gasteiger partial charge on any atom is -0.317 e. The van der Waals surface area contributed by atoms with Crippen LogP contribution in [0.3, 0.4) is 0 Å². The number of halogens is 1. The smallest absolute Gasteiger partial charge is 0.0408 e. The van der Waals surface area contributed by atoms with Gasteiger partial charge in [-0.3, -0.25) is 0 Å². The third kappa shape index (κ3) is 3.84. The van der Waals surface area contributed by atoms with Gasteiger partial charge in [0.2, 0.25) is 0 Å². The van der Waals surface area contributed by atoms with Crippen molar-refractivity contribution in [2.75, 3.05) is 7.05 Å². The molecule has 0 spiro atoms. The molecule has 0 bridgehead atoms. The van der Waals surface area contributed by atoms with Gasteiger partial charge in [-0.05, 0) is 44.0 Å². The Hall–Kier alpha value is -0.530. The fourth-order valence-corrected chi connectivity index (χ4v) is 2.09. The van der Waals surface area contributed by atoms with Crippen LogP contribution in [0, 0.1) is 5.92 Å². The third-order valence-corrected chi connectivity index (χ3v) is 3.31. The fraction of sp³-hybridized carbons (Fsp3) is 0.538. The maximum absolute atomic E-state index is 5.97. The van der Waals surface area contributed by atoms with Crippen LogP contribution >= 0.6 is 11.6 Å². The van der Waals surface area contributed by atoms with Gasteiger partial charge < -0.3 is 5.32 Å². The second kappa shape index (κ2) is 6.14. The molecule has 1 aromatic rings. The van der Waals surface area contributed by atoms with E-state index >= 15 is 0 Å². The molecule has 84 valence electrons. The number of nitrogens with one attached hydrogen (secondary N) is 1. The SMILES string of the molecule is CCC(Cc1cccc(Cl)c1)C(C)NC. The topological polar surface area (TPSA) is 12.0 Å². The highest BCUT2D eigenvalue weighted by Crippen LogP contribution is 2.18. The van der Waals surface area contributed by atoms with Crippen LogP contribution in [0.25, 0.3) is 0 Å². The summed E-state index contributed by atoms with van der Waals surface area (Å²) in [5.74, 6) is 0.675. The Bertz CT molecular complexity index is 298. The quantitative estimate of drug-likeness (QED) is 0.809. The van der Waals surface area contributed by atoms with E-state index in [1.807, 2.05) is 19.2 Å². The van der Waals surface area contributed by atoms with Crippen LogP contribution in [0.2, 0.25) is 5.02 Å². The first-order valence-electron chi connectivity index (χ1n) is 5.59. The van der Waals surface area contributed by atoms with Gasteiger partial charge in [0.1, 0.15) is 0 Å². The van der Waals surface area contributed by atoms with Crippen molar-refractivity contribution < 1.29 is 0 Å². The van der Waals surface area contributed by atoms with Gasteiger partial charge in [-0.1, -0.05) is 37.1 Å². The molecule has 0 amide bonds. The monoisotopic (exact) mass is 225 g/mol. The molecule has 1 nitrogen and oxygen atoms in total. The first-order valence-corrected chi connectivity index (χ1v) is 5.96. The average Bonchev–Trinajstić information content (AvgIpc) is 2.25. The maximum atomic E-state index is 5.97. The summed E-state index contributed by atoms with van der Waals surface area (Å²) in [4.78, 5) is 0. The van der Waals surface area contributed by atoms with Crippen molar-refractivity contribution in [2.45, 2.75) is 32.7 Å². The summed E-state index contributed by atoms with van der Waals surface area (Å²) in [6.45, 7) is 4.47. The van der Waals surface area contributed by atoms with E-state index < -0.39 is 0 Å². The Morgan fingerprint density at radius 2 is 2.13 bits per heavy atom. The number of hydrogen-bond acceptors (Lipinski definition) is 1. The van der Waals surface area contributed by atoms with Crippen molar-refractivity contribution >= 4 is 11.6 Å². The van der Waals surface area contributed by atoms with Crippen molar-refractivity contribution in [1.29, 1.82) is 0 Å². The summed E-state index contributed by atoms with van der Waals surface area (Å²) >= 11 is 5.97. The zero-order valence-corrected chi connectivity index (χ0v) is 10.5. The molecule has 0 aromatic heterocycles. The van der Waals surface area contributed by atoms with E-state index in [1.54, 1.807) is 0 Å². The van der Waals surface area contributed by atoms with Crippen LogP contribution in [0.4, 0.5) is 0 Å². The standard InChI is InChI=1S/C13H20ClN/c1-4-12(10(2)15-3)8-11-6-5-7-13(14)9-11/h5-7,9-10,12,15H,4,8H2,1-3H3. The predicted molar refractivity (Wildman–Crippen MR) is 67.5 cm³/mol. The summed E-state index contributed by atoms with van der Waals surface area (Å²) in [6.07, 6.45) is 2.29. The van der Waals surface area contributed by atoms with Crippen molar-refractivity contribution in [1.82, 2.24) is 5.32 Å². The number of hydrogen-bond donors (Lipinski definition) is 1. The minimum absolute atomic E-state index is 0.550. The summed E-state index contributed by atoms with van der Waals surface area (Å²) in [7, 11) is 2.02. The summed E-state index contributed by atoms with van der Waals surface area (Å²) in [6, 6.07) is 8.71. The van der Waals surface area contributed by atoms with Gasteiger partial charge in [0.25, 0.3) is 0 Å². The predicted octanol–water partition coefficient (Wildman–Crippen LogP) is 3.52. The molecule has 0 radical (unpaired) electrons. The molecule has 0 aliphatic rings. The third-order valence-electron chi connectivity index (χ3n) is 3.07. The van der Waals surface area contributed by atoms with Crippen LogP contribution in [0.15, 0.2) is 24.3 Å². The molecular weight excluding hydrogens is 206 g/mol. The molecule has 1 aromatic carbocycles. The Labute approximate surface area is 97.8 Å². The molecule has 0 aliphatic heterocycles. The zero-order valence-electron chi connectivity index (χ0n) is 9.76. The Morgan fingerprint density at radius 3 is 2.67 bits per heavy atom. The van der Waals surface area contributed by atoms with Gasteiger partial charge >= 0.3 is 0 Å². The highest BCUT2D eigenvalue weighted by Gasteiger charge is 2.14. The highest BCUT2D eigenvalue weighted by molar-refractivity contribution is 6.30. The lowest BCUT2D eigenvalue weighted by molar-refractivity contribution is 0.381. The molecule has 0 fully saturated rings. The molecule has 0 aliphatic carbocycles. The van der Waals surface area contributed by atoms with Crippen LogP contribution < -0.4 is 5.32 Å². The van der Waals surface area contributed by atoms with Gasteiger partial charge in [0.15, 0.2) is 0 Å². The van der Waals surface area contributed by atoms with Crippen LogP contribution in [0.1, 0.15) is 25.8 Å². The largest absolute Gasteiger partial charge is 0.317 e. The van der Waals surface area contributed by atoms with Crippen molar-refractivity contribution in [3.05, 3.63) is 34.9 Å². The molecule has 2 atom stereocenters. The molecule has 1 rings (SSSR count). The van der Waals surface area contributed by atoms with Gasteiger partial charge in [0.05, 0.1) is 0 Å². The second-order valence-electron chi connectivity index (χ2n) is 4.08. The fourth-order valence-electron chi connectivity index (χ4n) is 1.88. The minimum atomic E-state index is 0.550. The Morgan fingerprint density at radius 1 is 1.40 bits per heavy atom. The summed E-state index contributed by atoms with van der Waals surface area (Å²) in [5, 5.41) is 4.15. The van der Waals surface area contributed by atoms with E-state index in [1.165, 1.54) is 12.0 Å². The second-order valence-corrected chi connectivity index (χ2v) is 4.52. The van der Waals surface area contributed by atoms with Gasteiger partial charge in [-0.2, -0.15) is 0 Å². The first-order chi connectivity index (χ1) is 7.17. The maximum Gasteiger partial charge on any atom is 0.0408 e. The molecule has 1 N–H and O–H groups in total. The summed E-state index contributed by atoms with van der Waals surface area (Å²) < 4.78 is 0. The molecule has 0 saturated heterocycles. The highest BCUT2D eigenvalue weighted by atomic mass is 35.5. The molecular formula is C13H20ClN. The molecule has 0 saturated carbocycles. The van der Waals surface area contributed by atoms with Gasteiger partial charge in [0, 0.05) is 11.1 Å². The molecule has 0 heterocycles. The van der Waals surface area contributed by atoms with E-state index in [0.29, 0.717) is 12.0 Å². The van der Waals surface area contributed by atoms with Gasteiger partial charge in [-0.15, -0.1) is 0 Å². The van der Waals surface area contributed by atoms with E-state index in [0.717, 1.165) is 11.4 Å². The van der Waals surface area contributed by atoms with Crippen molar-refractivity contribution in [3.63, 3.8) is 0 Å². The lowest BCUT2D eigenvalue weighted by Gasteiger charge is -2.22. The molecule has 2 unspecified atom stereocenters. The number of benzene rings is 1. The van der Waals surface area contributed by atoms with Crippen molar-refractivity contribution in [3.8, 4) is 0 Å². The normalized spacial score (nSPS) is 14.9. The van der Waals surface area contributed by atoms with E-state index in [4.69, 9.17) is 11.6 Å². The zero-order chi connectivity index (χ0) is 11.3. The van der Waals surface area contributed by atoms with Crippen molar-refractivity contribution in [2.24, 2.45) is 5.92 Å². The van der Waals surface area contributed by atoms with Crippen LogP contribution in [0.5, 0.6) is 0 Å². The average molecular weight is 226 g/mol. The van der Waals surface area contributed by atoms with Crippen LogP contribution in [-0.4, -0.2) is 13.1 Å². The number of rotatable bonds is 5. The Kier molecular flexibility index (Phi) is 5.13. The van der Waals surface area contributed by atoms with Crippen LogP contribution in [-0.2, 0) is 6.42 Å². The molecule has 15 heavy (non-hydrogen) atoms. The van der Waals surface area contributed by atoms with E-state index in [9.17, 15) is 0 Å².